The minimum atomic E-state index is -0.593. The van der Waals surface area contributed by atoms with Gasteiger partial charge in [0.2, 0.25) is 5.78 Å². The third kappa shape index (κ3) is 8.90. The van der Waals surface area contributed by atoms with Crippen molar-refractivity contribution in [1.82, 2.24) is 0 Å². The van der Waals surface area contributed by atoms with Crippen LogP contribution in [0, 0.1) is 0 Å². The van der Waals surface area contributed by atoms with Crippen molar-refractivity contribution in [3.63, 3.8) is 0 Å². The molecule has 1 aliphatic carbocycles. The summed E-state index contributed by atoms with van der Waals surface area (Å²) in [5.74, 6) is -0.920. The third-order valence-corrected chi connectivity index (χ3v) is 4.31. The molecule has 0 aliphatic heterocycles. The second-order valence-corrected chi connectivity index (χ2v) is 6.31. The van der Waals surface area contributed by atoms with Crippen molar-refractivity contribution in [3.05, 3.63) is 0 Å². The topological polar surface area (TPSA) is 43.4 Å². The lowest BCUT2D eigenvalue weighted by Gasteiger charge is -2.21. The maximum absolute atomic E-state index is 11.7. The van der Waals surface area contributed by atoms with E-state index in [4.69, 9.17) is 4.74 Å². The number of carbonyl (C=O) groups excluding carboxylic acids is 2. The van der Waals surface area contributed by atoms with Crippen LogP contribution >= 0.6 is 0 Å². The van der Waals surface area contributed by atoms with E-state index in [9.17, 15) is 9.59 Å². The molecule has 3 heteroatoms. The molecule has 0 amide bonds. The van der Waals surface area contributed by atoms with Gasteiger partial charge in [0.15, 0.2) is 0 Å². The van der Waals surface area contributed by atoms with Crippen LogP contribution in [0.15, 0.2) is 0 Å². The highest BCUT2D eigenvalue weighted by Crippen LogP contribution is 2.20. The van der Waals surface area contributed by atoms with E-state index in [1.54, 1.807) is 0 Å². The van der Waals surface area contributed by atoms with Gasteiger partial charge in [-0.3, -0.25) is 4.79 Å². The van der Waals surface area contributed by atoms with Gasteiger partial charge in [0.1, 0.15) is 6.10 Å². The Morgan fingerprint density at radius 1 is 0.857 bits per heavy atom. The monoisotopic (exact) mass is 296 g/mol. The number of carbonyl (C=O) groups is 2. The van der Waals surface area contributed by atoms with Gasteiger partial charge in [0.25, 0.3) is 0 Å². The van der Waals surface area contributed by atoms with Gasteiger partial charge in [-0.25, -0.2) is 4.79 Å². The summed E-state index contributed by atoms with van der Waals surface area (Å²) >= 11 is 0. The number of hydrogen-bond donors (Lipinski definition) is 0. The van der Waals surface area contributed by atoms with Crippen molar-refractivity contribution in [2.75, 3.05) is 0 Å². The van der Waals surface area contributed by atoms with E-state index in [0.29, 0.717) is 6.42 Å². The Hall–Kier alpha value is -0.860. The van der Waals surface area contributed by atoms with Gasteiger partial charge in [-0.1, -0.05) is 58.3 Å². The van der Waals surface area contributed by atoms with Gasteiger partial charge in [-0.15, -0.1) is 0 Å². The second kappa shape index (κ2) is 11.8. The Labute approximate surface area is 129 Å². The van der Waals surface area contributed by atoms with E-state index in [2.05, 4.69) is 6.92 Å². The SMILES string of the molecule is CCCCCCCCCCC(=O)C(=O)OC1CCCCC1. The molecule has 0 N–H and O–H groups in total. The minimum Gasteiger partial charge on any atom is -0.457 e. The maximum atomic E-state index is 11.7. The molecule has 3 nitrogen and oxygen atoms in total. The van der Waals surface area contributed by atoms with Crippen molar-refractivity contribution in [2.45, 2.75) is 103 Å². The molecule has 122 valence electrons. The molecular formula is C18H32O3. The number of Topliss-reactive ketones (excluding diaryl/α,β-unsaturated/α-hetero) is 1. The summed E-state index contributed by atoms with van der Waals surface area (Å²) < 4.78 is 5.29. The largest absolute Gasteiger partial charge is 0.457 e. The van der Waals surface area contributed by atoms with Crippen LogP contribution in [0.4, 0.5) is 0 Å². The van der Waals surface area contributed by atoms with Gasteiger partial charge in [-0.05, 0) is 32.1 Å². The zero-order valence-corrected chi connectivity index (χ0v) is 13.7. The molecule has 1 rings (SSSR count). The summed E-state index contributed by atoms with van der Waals surface area (Å²) in [7, 11) is 0. The van der Waals surface area contributed by atoms with E-state index >= 15 is 0 Å². The summed E-state index contributed by atoms with van der Waals surface area (Å²) in [5.41, 5.74) is 0. The third-order valence-electron chi connectivity index (χ3n) is 4.31. The molecular weight excluding hydrogens is 264 g/mol. The van der Waals surface area contributed by atoms with Crippen LogP contribution in [-0.4, -0.2) is 17.9 Å². The molecule has 0 aromatic carbocycles. The Kier molecular flexibility index (Phi) is 10.2. The molecule has 0 aromatic heterocycles. The van der Waals surface area contributed by atoms with Gasteiger partial charge < -0.3 is 4.74 Å². The fourth-order valence-corrected chi connectivity index (χ4v) is 2.92. The van der Waals surface area contributed by atoms with Crippen LogP contribution < -0.4 is 0 Å². The normalized spacial score (nSPS) is 15.9. The zero-order chi connectivity index (χ0) is 15.3. The van der Waals surface area contributed by atoms with Gasteiger partial charge in [-0.2, -0.15) is 0 Å². The number of esters is 1. The molecule has 0 radical (unpaired) electrons. The van der Waals surface area contributed by atoms with Crippen molar-refractivity contribution < 1.29 is 14.3 Å². The Morgan fingerprint density at radius 2 is 1.43 bits per heavy atom. The minimum absolute atomic E-state index is 0.00577. The molecule has 1 aliphatic rings. The molecule has 0 saturated heterocycles. The van der Waals surface area contributed by atoms with Crippen LogP contribution in [0.3, 0.4) is 0 Å². The first-order valence-electron chi connectivity index (χ1n) is 8.98. The molecule has 0 aromatic rings. The van der Waals surface area contributed by atoms with Crippen LogP contribution in [0.1, 0.15) is 96.8 Å². The number of ether oxygens (including phenoxy) is 1. The Bertz CT molecular complexity index is 293. The number of ketones is 1. The van der Waals surface area contributed by atoms with Crippen molar-refractivity contribution in [3.8, 4) is 0 Å². The van der Waals surface area contributed by atoms with Crippen molar-refractivity contribution in [1.29, 1.82) is 0 Å². The molecule has 21 heavy (non-hydrogen) atoms. The Morgan fingerprint density at radius 3 is 2.05 bits per heavy atom. The van der Waals surface area contributed by atoms with Crippen LogP contribution in [0.25, 0.3) is 0 Å². The van der Waals surface area contributed by atoms with E-state index in [1.165, 1.54) is 44.9 Å². The second-order valence-electron chi connectivity index (χ2n) is 6.31. The molecule has 0 unspecified atom stereocenters. The summed E-state index contributed by atoms with van der Waals surface area (Å²) in [5, 5.41) is 0. The van der Waals surface area contributed by atoms with Gasteiger partial charge in [0, 0.05) is 6.42 Å². The van der Waals surface area contributed by atoms with Crippen LogP contribution in [0.5, 0.6) is 0 Å². The summed E-state index contributed by atoms with van der Waals surface area (Å²) in [6.07, 6.45) is 15.2. The van der Waals surface area contributed by atoms with E-state index in [-0.39, 0.29) is 11.9 Å². The molecule has 0 atom stereocenters. The Balaban J connectivity index is 1.98. The van der Waals surface area contributed by atoms with E-state index < -0.39 is 5.97 Å². The average Bonchev–Trinajstić information content (AvgIpc) is 2.50. The van der Waals surface area contributed by atoms with Crippen molar-refractivity contribution >= 4 is 11.8 Å². The maximum Gasteiger partial charge on any atom is 0.374 e. The highest BCUT2D eigenvalue weighted by atomic mass is 16.5. The molecule has 0 spiro atoms. The number of rotatable bonds is 11. The summed E-state index contributed by atoms with van der Waals surface area (Å²) in [4.78, 5) is 23.4. The molecule has 1 fully saturated rings. The van der Waals surface area contributed by atoms with Crippen LogP contribution in [-0.2, 0) is 14.3 Å². The fraction of sp³-hybridized carbons (Fsp3) is 0.889. The molecule has 0 bridgehead atoms. The summed E-state index contributed by atoms with van der Waals surface area (Å²) in [6, 6.07) is 0. The summed E-state index contributed by atoms with van der Waals surface area (Å²) in [6.45, 7) is 2.22. The lowest BCUT2D eigenvalue weighted by Crippen LogP contribution is -2.26. The van der Waals surface area contributed by atoms with Gasteiger partial charge in [0.05, 0.1) is 0 Å². The first-order valence-corrected chi connectivity index (χ1v) is 8.98. The highest BCUT2D eigenvalue weighted by Gasteiger charge is 2.21. The van der Waals surface area contributed by atoms with Crippen LogP contribution in [0.2, 0.25) is 0 Å². The number of hydrogen-bond acceptors (Lipinski definition) is 3. The van der Waals surface area contributed by atoms with E-state index in [0.717, 1.165) is 38.5 Å². The predicted octanol–water partition coefficient (Wildman–Crippen LogP) is 4.96. The first kappa shape index (κ1) is 18.2. The predicted molar refractivity (Wildman–Crippen MR) is 85.2 cm³/mol. The fourth-order valence-electron chi connectivity index (χ4n) is 2.92. The highest BCUT2D eigenvalue weighted by molar-refractivity contribution is 6.33. The van der Waals surface area contributed by atoms with Gasteiger partial charge >= 0.3 is 5.97 Å². The number of unbranched alkanes of at least 4 members (excludes halogenated alkanes) is 7. The standard InChI is InChI=1S/C18H32O3/c1-2-3-4-5-6-7-8-12-15-17(19)18(20)21-16-13-10-9-11-14-16/h16H,2-15H2,1H3. The average molecular weight is 296 g/mol. The lowest BCUT2D eigenvalue weighted by atomic mass is 9.98. The quantitative estimate of drug-likeness (QED) is 0.307. The molecule has 0 heterocycles. The lowest BCUT2D eigenvalue weighted by molar-refractivity contribution is -0.159. The van der Waals surface area contributed by atoms with Crippen molar-refractivity contribution in [2.24, 2.45) is 0 Å². The smallest absolute Gasteiger partial charge is 0.374 e. The molecule has 1 saturated carbocycles. The van der Waals surface area contributed by atoms with E-state index in [1.807, 2.05) is 0 Å². The first-order chi connectivity index (χ1) is 10.2. The zero-order valence-electron chi connectivity index (χ0n) is 13.7.